The van der Waals surface area contributed by atoms with E-state index < -0.39 is 77.0 Å². The van der Waals surface area contributed by atoms with Crippen LogP contribution in [0.5, 0.6) is 11.5 Å². The number of esters is 4. The van der Waals surface area contributed by atoms with Gasteiger partial charge in [-0.2, -0.15) is 0 Å². The molecule has 1 aromatic rings. The first kappa shape index (κ1) is 36.1. The topological polar surface area (TPSA) is 173 Å². The Morgan fingerprint density at radius 1 is 1.00 bits per heavy atom. The summed E-state index contributed by atoms with van der Waals surface area (Å²) in [6, 6.07) is 3.21. The van der Waals surface area contributed by atoms with E-state index in [9.17, 15) is 29.1 Å². The second-order valence-electron chi connectivity index (χ2n) is 15.0. The fourth-order valence-electron chi connectivity index (χ4n) is 7.25. The van der Waals surface area contributed by atoms with Crippen LogP contribution >= 0.6 is 0 Å². The zero-order chi connectivity index (χ0) is 36.3. The molecule has 2 heterocycles. The Labute approximate surface area is 284 Å². The number of benzene rings is 1. The first-order valence-electron chi connectivity index (χ1n) is 16.3. The highest BCUT2D eigenvalue weighted by atomic mass is 16.7. The Kier molecular flexibility index (Phi) is 9.30. The number of likely N-dealkylation sites (N-methyl/N-ethyl adjacent to an activating group) is 1. The Hall–Kier alpha value is -4.17. The second-order valence-corrected chi connectivity index (χ2v) is 15.0. The molecule has 1 saturated heterocycles. The van der Waals surface area contributed by atoms with Crippen molar-refractivity contribution in [3.63, 3.8) is 0 Å². The average molecular weight is 688 g/mol. The normalized spacial score (nSPS) is 26.5. The largest absolute Gasteiger partial charge is 0.514 e. The van der Waals surface area contributed by atoms with Gasteiger partial charge in [0.2, 0.25) is 6.10 Å². The van der Waals surface area contributed by atoms with Crippen molar-refractivity contribution < 1.29 is 62.2 Å². The minimum absolute atomic E-state index is 0.108. The second kappa shape index (κ2) is 12.6. The van der Waals surface area contributed by atoms with Crippen LogP contribution in [0.1, 0.15) is 85.8 Å². The van der Waals surface area contributed by atoms with E-state index in [0.29, 0.717) is 24.9 Å². The third-order valence-electron chi connectivity index (χ3n) is 9.11. The van der Waals surface area contributed by atoms with E-state index in [4.69, 9.17) is 33.2 Å². The molecule has 1 N–H and O–H groups in total. The molecule has 1 fully saturated rings. The van der Waals surface area contributed by atoms with Crippen LogP contribution in [-0.4, -0.2) is 94.8 Å². The molecule has 0 aromatic heterocycles. The van der Waals surface area contributed by atoms with Gasteiger partial charge in [-0.1, -0.05) is 6.07 Å². The van der Waals surface area contributed by atoms with E-state index in [-0.39, 0.29) is 29.7 Å². The molecule has 6 atom stereocenters. The molecular weight excluding hydrogens is 642 g/mol. The summed E-state index contributed by atoms with van der Waals surface area (Å²) in [6.07, 6.45) is -2.91. The SMILES string of the molecule is CC(=O)O[C@@H](CC(=O)O[C@@H](C)C(=O)OC1=CC[C@@]2(O)[C@H]3Cc4ccc(OC(=O)OC(C)(C)C)c5c4[C@@]2(CCN3C)[C@H]1O5)C(=O)OC(C)(C)C. The van der Waals surface area contributed by atoms with Crippen molar-refractivity contribution in [2.45, 2.75) is 128 Å². The van der Waals surface area contributed by atoms with E-state index >= 15 is 0 Å². The molecule has 1 aromatic carbocycles. The number of hydrogen-bond donors (Lipinski definition) is 1. The van der Waals surface area contributed by atoms with E-state index in [1.165, 1.54) is 6.92 Å². The fourth-order valence-corrected chi connectivity index (χ4v) is 7.25. The van der Waals surface area contributed by atoms with Crippen LogP contribution in [0.2, 0.25) is 0 Å². The average Bonchev–Trinajstić information content (AvgIpc) is 3.31. The van der Waals surface area contributed by atoms with E-state index in [1.54, 1.807) is 53.7 Å². The molecular formula is C35H45NO13. The van der Waals surface area contributed by atoms with Crippen LogP contribution in [0.25, 0.3) is 0 Å². The molecule has 268 valence electrons. The third-order valence-corrected chi connectivity index (χ3v) is 9.11. The lowest BCUT2D eigenvalue weighted by atomic mass is 9.50. The van der Waals surface area contributed by atoms with Gasteiger partial charge in [-0.25, -0.2) is 14.4 Å². The van der Waals surface area contributed by atoms with Crippen LogP contribution in [0, 0.1) is 0 Å². The van der Waals surface area contributed by atoms with Gasteiger partial charge in [0.1, 0.15) is 17.0 Å². The van der Waals surface area contributed by atoms with Crippen LogP contribution < -0.4 is 9.47 Å². The predicted octanol–water partition coefficient (Wildman–Crippen LogP) is 3.42. The lowest BCUT2D eigenvalue weighted by molar-refractivity contribution is -0.181. The van der Waals surface area contributed by atoms with Gasteiger partial charge in [-0.15, -0.1) is 0 Å². The smallest absolute Gasteiger partial charge is 0.477 e. The van der Waals surface area contributed by atoms with Crippen LogP contribution in [-0.2, 0) is 54.7 Å². The lowest BCUT2D eigenvalue weighted by Crippen LogP contribution is -2.74. The number of nitrogens with zero attached hydrogens (tertiary/aromatic N) is 1. The number of piperidine rings is 1. The molecule has 14 heteroatoms. The van der Waals surface area contributed by atoms with E-state index in [2.05, 4.69) is 4.90 Å². The summed E-state index contributed by atoms with van der Waals surface area (Å²) in [5.41, 5.74) is -2.46. The first-order valence-corrected chi connectivity index (χ1v) is 16.3. The summed E-state index contributed by atoms with van der Waals surface area (Å²) < 4.78 is 38.8. The van der Waals surface area contributed by atoms with Gasteiger partial charge in [0.25, 0.3) is 0 Å². The van der Waals surface area contributed by atoms with Crippen LogP contribution in [0.15, 0.2) is 24.0 Å². The summed E-state index contributed by atoms with van der Waals surface area (Å²) in [6.45, 7) is 13.0. The van der Waals surface area contributed by atoms with Gasteiger partial charge in [0.05, 0.1) is 17.4 Å². The molecule has 0 amide bonds. The monoisotopic (exact) mass is 687 g/mol. The number of carbonyl (C=O) groups excluding carboxylic acids is 5. The number of aliphatic hydroxyl groups is 1. The highest BCUT2D eigenvalue weighted by molar-refractivity contribution is 5.86. The maximum Gasteiger partial charge on any atom is 0.514 e. The Bertz CT molecular complexity index is 1590. The Morgan fingerprint density at radius 3 is 2.31 bits per heavy atom. The molecule has 49 heavy (non-hydrogen) atoms. The molecule has 5 rings (SSSR count). The first-order chi connectivity index (χ1) is 22.6. The van der Waals surface area contributed by atoms with Crippen molar-refractivity contribution in [2.75, 3.05) is 13.6 Å². The summed E-state index contributed by atoms with van der Waals surface area (Å²) in [4.78, 5) is 65.1. The fraction of sp³-hybridized carbons (Fsp3) is 0.629. The number of ether oxygens (including phenoxy) is 7. The summed E-state index contributed by atoms with van der Waals surface area (Å²) in [5, 5.41) is 12.5. The maximum absolute atomic E-state index is 13.4. The molecule has 2 aliphatic heterocycles. The minimum atomic E-state index is -1.58. The van der Waals surface area contributed by atoms with Gasteiger partial charge < -0.3 is 43.2 Å². The highest BCUT2D eigenvalue weighted by Crippen LogP contribution is 2.65. The molecule has 2 aliphatic carbocycles. The van der Waals surface area contributed by atoms with Crippen molar-refractivity contribution >= 4 is 30.0 Å². The van der Waals surface area contributed by atoms with Gasteiger partial charge in [0.15, 0.2) is 23.7 Å². The summed E-state index contributed by atoms with van der Waals surface area (Å²) >= 11 is 0. The van der Waals surface area contributed by atoms with Crippen LogP contribution in [0.3, 0.4) is 0 Å². The molecule has 0 radical (unpaired) electrons. The molecule has 2 bridgehead atoms. The zero-order valence-electron chi connectivity index (χ0n) is 29.4. The molecule has 1 spiro atoms. The van der Waals surface area contributed by atoms with E-state index in [0.717, 1.165) is 12.5 Å². The molecule has 0 unspecified atom stereocenters. The highest BCUT2D eigenvalue weighted by Gasteiger charge is 2.72. The van der Waals surface area contributed by atoms with Gasteiger partial charge in [-0.3, -0.25) is 9.59 Å². The van der Waals surface area contributed by atoms with E-state index in [1.807, 2.05) is 13.1 Å². The quantitative estimate of drug-likeness (QED) is 0.239. The van der Waals surface area contributed by atoms with Gasteiger partial charge in [-0.05, 0) is 92.6 Å². The number of rotatable bonds is 8. The molecule has 0 saturated carbocycles. The number of likely N-dealkylation sites (tertiary alicyclic amines) is 1. The maximum atomic E-state index is 13.4. The minimum Gasteiger partial charge on any atom is -0.477 e. The molecule has 4 aliphatic rings. The van der Waals surface area contributed by atoms with Crippen molar-refractivity contribution in [3.05, 3.63) is 35.1 Å². The van der Waals surface area contributed by atoms with Gasteiger partial charge >= 0.3 is 30.0 Å². The summed E-state index contributed by atoms with van der Waals surface area (Å²) in [5.74, 6) is -3.21. The standard InChI is InChI=1S/C35H45NO13/c1-18(43-25(38)17-23(44-19(2)37)30(40)48-32(3,4)5)29(39)45-22-12-13-35(42)24-16-20-10-11-21(46-31(41)49-33(6,7)8)27-26(20)34(35,28(22)47-27)14-15-36(24)9/h10-12,18,23-24,28,42H,13-17H2,1-9H3/t18-,23-,24+,28-,34-,35+/m0/s1. The lowest BCUT2D eigenvalue weighted by Gasteiger charge is -2.61. The predicted molar refractivity (Wildman–Crippen MR) is 169 cm³/mol. The Balaban J connectivity index is 1.37. The number of carbonyl (C=O) groups is 5. The van der Waals surface area contributed by atoms with Crippen molar-refractivity contribution in [3.8, 4) is 11.5 Å². The summed E-state index contributed by atoms with van der Waals surface area (Å²) in [7, 11) is 1.95. The Morgan fingerprint density at radius 2 is 1.67 bits per heavy atom. The molecule has 14 nitrogen and oxygen atoms in total. The van der Waals surface area contributed by atoms with Crippen LogP contribution in [0.4, 0.5) is 4.79 Å². The third kappa shape index (κ3) is 6.85. The van der Waals surface area contributed by atoms with Crippen molar-refractivity contribution in [1.29, 1.82) is 0 Å². The van der Waals surface area contributed by atoms with Crippen molar-refractivity contribution in [2.24, 2.45) is 0 Å². The van der Waals surface area contributed by atoms with Gasteiger partial charge in [0, 0.05) is 24.9 Å². The zero-order valence-corrected chi connectivity index (χ0v) is 29.4. The van der Waals surface area contributed by atoms with Crippen molar-refractivity contribution in [1.82, 2.24) is 4.90 Å². The number of hydrogen-bond acceptors (Lipinski definition) is 14.